The van der Waals surface area contributed by atoms with Gasteiger partial charge in [0.25, 0.3) is 0 Å². The molecule has 0 aromatic heterocycles. The number of benzene rings is 2. The van der Waals surface area contributed by atoms with Crippen molar-refractivity contribution in [3.63, 3.8) is 0 Å². The van der Waals surface area contributed by atoms with Gasteiger partial charge in [0.05, 0.1) is 26.0 Å². The van der Waals surface area contributed by atoms with E-state index < -0.39 is 10.0 Å². The Morgan fingerprint density at radius 2 is 1.78 bits per heavy atom. The van der Waals surface area contributed by atoms with Crippen molar-refractivity contribution in [2.45, 2.75) is 31.6 Å². The molecule has 1 amide bonds. The van der Waals surface area contributed by atoms with Crippen molar-refractivity contribution >= 4 is 27.5 Å². The zero-order valence-electron chi connectivity index (χ0n) is 18.5. The number of halogens is 1. The van der Waals surface area contributed by atoms with Gasteiger partial charge in [0, 0.05) is 24.0 Å². The SMILES string of the molecule is COc1ccc([C@@H](C)NC(=O)C2CCN(S(=O)(=O)Cc3ccccc3Cl)CC2)cc1OC. The number of methoxy groups -OCH3 is 2. The zero-order chi connectivity index (χ0) is 23.3. The summed E-state index contributed by atoms with van der Waals surface area (Å²) in [7, 11) is -0.356. The van der Waals surface area contributed by atoms with E-state index in [4.69, 9.17) is 21.1 Å². The second-order valence-electron chi connectivity index (χ2n) is 7.87. The van der Waals surface area contributed by atoms with Crippen molar-refractivity contribution in [3.05, 3.63) is 58.6 Å². The number of nitrogens with zero attached hydrogens (tertiary/aromatic N) is 1. The van der Waals surface area contributed by atoms with Gasteiger partial charge in [0.1, 0.15) is 0 Å². The average molecular weight is 481 g/mol. The second kappa shape index (κ2) is 10.6. The van der Waals surface area contributed by atoms with E-state index in [0.717, 1.165) is 5.56 Å². The first-order valence-electron chi connectivity index (χ1n) is 10.5. The number of amides is 1. The van der Waals surface area contributed by atoms with Crippen molar-refractivity contribution in [3.8, 4) is 11.5 Å². The van der Waals surface area contributed by atoms with Gasteiger partial charge in [-0.15, -0.1) is 0 Å². The van der Waals surface area contributed by atoms with E-state index in [2.05, 4.69) is 5.32 Å². The lowest BCUT2D eigenvalue weighted by atomic mass is 9.96. The predicted molar refractivity (Wildman–Crippen MR) is 124 cm³/mol. The van der Waals surface area contributed by atoms with E-state index in [-0.39, 0.29) is 23.6 Å². The Kier molecular flexibility index (Phi) is 8.03. The molecule has 0 spiro atoms. The molecule has 7 nitrogen and oxygen atoms in total. The molecular weight excluding hydrogens is 452 g/mol. The van der Waals surface area contributed by atoms with E-state index in [1.165, 1.54) is 4.31 Å². The van der Waals surface area contributed by atoms with Gasteiger partial charge in [-0.3, -0.25) is 4.79 Å². The van der Waals surface area contributed by atoms with E-state index in [1.807, 2.05) is 19.1 Å². The van der Waals surface area contributed by atoms with Crippen LogP contribution in [0.25, 0.3) is 0 Å². The first-order valence-corrected chi connectivity index (χ1v) is 12.5. The number of piperidine rings is 1. The van der Waals surface area contributed by atoms with E-state index in [1.54, 1.807) is 44.6 Å². The fourth-order valence-electron chi connectivity index (χ4n) is 3.84. The molecule has 32 heavy (non-hydrogen) atoms. The summed E-state index contributed by atoms with van der Waals surface area (Å²) in [6.07, 6.45) is 0.957. The summed E-state index contributed by atoms with van der Waals surface area (Å²) >= 11 is 6.12. The van der Waals surface area contributed by atoms with Gasteiger partial charge in [0.15, 0.2) is 11.5 Å². The van der Waals surface area contributed by atoms with E-state index >= 15 is 0 Å². The highest BCUT2D eigenvalue weighted by atomic mass is 35.5. The Labute approximate surface area is 194 Å². The van der Waals surface area contributed by atoms with Crippen LogP contribution in [0.15, 0.2) is 42.5 Å². The van der Waals surface area contributed by atoms with Gasteiger partial charge in [-0.1, -0.05) is 35.9 Å². The van der Waals surface area contributed by atoms with Crippen LogP contribution in [-0.4, -0.2) is 45.9 Å². The Hall–Kier alpha value is -2.29. The Balaban J connectivity index is 1.56. The zero-order valence-corrected chi connectivity index (χ0v) is 20.1. The quantitative estimate of drug-likeness (QED) is 0.621. The normalized spacial score (nSPS) is 16.4. The maximum Gasteiger partial charge on any atom is 0.223 e. The molecule has 1 heterocycles. The Bertz CT molecular complexity index is 1050. The fourth-order valence-corrected chi connectivity index (χ4v) is 5.71. The maximum atomic E-state index is 12.8. The number of sulfonamides is 1. The third-order valence-corrected chi connectivity index (χ3v) is 7.98. The number of carbonyl (C=O) groups excluding carboxylic acids is 1. The van der Waals surface area contributed by atoms with Gasteiger partial charge >= 0.3 is 0 Å². The molecule has 1 saturated heterocycles. The monoisotopic (exact) mass is 480 g/mol. The highest BCUT2D eigenvalue weighted by molar-refractivity contribution is 7.88. The minimum absolute atomic E-state index is 0.0737. The van der Waals surface area contributed by atoms with Crippen molar-refractivity contribution in [1.29, 1.82) is 0 Å². The lowest BCUT2D eigenvalue weighted by molar-refractivity contribution is -0.126. The van der Waals surface area contributed by atoms with Crippen LogP contribution >= 0.6 is 11.6 Å². The number of hydrogen-bond donors (Lipinski definition) is 1. The molecule has 1 atom stereocenters. The molecular formula is C23H29ClN2O5S. The average Bonchev–Trinajstić information content (AvgIpc) is 2.80. The lowest BCUT2D eigenvalue weighted by Gasteiger charge is -2.31. The molecule has 2 aromatic rings. The molecule has 9 heteroatoms. The molecule has 0 radical (unpaired) electrons. The molecule has 174 valence electrons. The predicted octanol–water partition coefficient (Wildman–Crippen LogP) is 3.78. The van der Waals surface area contributed by atoms with Crippen LogP contribution in [0.1, 0.15) is 36.9 Å². The Morgan fingerprint density at radius 3 is 2.41 bits per heavy atom. The summed E-state index contributed by atoms with van der Waals surface area (Å²) in [4.78, 5) is 12.8. The summed E-state index contributed by atoms with van der Waals surface area (Å²) in [5.74, 6) is 0.780. The molecule has 0 unspecified atom stereocenters. The molecule has 3 rings (SSSR count). The number of nitrogens with one attached hydrogen (secondary N) is 1. The number of rotatable bonds is 8. The van der Waals surface area contributed by atoms with Gasteiger partial charge in [-0.05, 0) is 49.1 Å². The maximum absolute atomic E-state index is 12.8. The highest BCUT2D eigenvalue weighted by Gasteiger charge is 2.32. The van der Waals surface area contributed by atoms with Crippen molar-refractivity contribution in [2.75, 3.05) is 27.3 Å². The second-order valence-corrected chi connectivity index (χ2v) is 10.2. The lowest BCUT2D eigenvalue weighted by Crippen LogP contribution is -2.43. The number of hydrogen-bond acceptors (Lipinski definition) is 5. The minimum Gasteiger partial charge on any atom is -0.493 e. The summed E-state index contributed by atoms with van der Waals surface area (Å²) in [6.45, 7) is 2.54. The minimum atomic E-state index is -3.50. The van der Waals surface area contributed by atoms with Gasteiger partial charge < -0.3 is 14.8 Å². The molecule has 1 fully saturated rings. The van der Waals surface area contributed by atoms with E-state index in [0.29, 0.717) is 48.0 Å². The molecule has 1 aliphatic heterocycles. The van der Waals surface area contributed by atoms with Gasteiger partial charge in [-0.25, -0.2) is 12.7 Å². The number of ether oxygens (including phenoxy) is 2. The standard InChI is InChI=1S/C23H29ClN2O5S/c1-16(18-8-9-21(30-2)22(14-18)31-3)25-23(27)17-10-12-26(13-11-17)32(28,29)15-19-6-4-5-7-20(19)24/h4-9,14,16-17H,10-13,15H2,1-3H3,(H,25,27)/t16-/m1/s1. The molecule has 0 aliphatic carbocycles. The van der Waals surface area contributed by atoms with Gasteiger partial charge in [-0.2, -0.15) is 0 Å². The summed E-state index contributed by atoms with van der Waals surface area (Å²) in [6, 6.07) is 12.3. The molecule has 1 N–H and O–H groups in total. The van der Waals surface area contributed by atoms with Crippen molar-refractivity contribution < 1.29 is 22.7 Å². The van der Waals surface area contributed by atoms with Crippen molar-refractivity contribution in [1.82, 2.24) is 9.62 Å². The van der Waals surface area contributed by atoms with Crippen LogP contribution in [0.4, 0.5) is 0 Å². The molecule has 0 bridgehead atoms. The third kappa shape index (κ3) is 5.74. The number of carbonyl (C=O) groups is 1. The van der Waals surface area contributed by atoms with Crippen LogP contribution in [0.5, 0.6) is 11.5 Å². The summed E-state index contributed by atoms with van der Waals surface area (Å²) in [5, 5.41) is 3.47. The summed E-state index contributed by atoms with van der Waals surface area (Å²) < 4.78 is 37.7. The molecule has 2 aromatic carbocycles. The van der Waals surface area contributed by atoms with Crippen LogP contribution in [0.3, 0.4) is 0 Å². The highest BCUT2D eigenvalue weighted by Crippen LogP contribution is 2.30. The summed E-state index contributed by atoms with van der Waals surface area (Å²) in [5.41, 5.74) is 1.48. The first kappa shape index (κ1) is 24.4. The fraction of sp³-hybridized carbons (Fsp3) is 0.435. The van der Waals surface area contributed by atoms with Crippen molar-refractivity contribution in [2.24, 2.45) is 5.92 Å². The van der Waals surface area contributed by atoms with E-state index in [9.17, 15) is 13.2 Å². The Morgan fingerprint density at radius 1 is 1.12 bits per heavy atom. The smallest absolute Gasteiger partial charge is 0.223 e. The first-order chi connectivity index (χ1) is 15.2. The van der Waals surface area contributed by atoms with Gasteiger partial charge in [0.2, 0.25) is 15.9 Å². The largest absolute Gasteiger partial charge is 0.493 e. The third-order valence-electron chi connectivity index (χ3n) is 5.78. The molecule has 0 saturated carbocycles. The van der Waals surface area contributed by atoms with Crippen LogP contribution < -0.4 is 14.8 Å². The topological polar surface area (TPSA) is 84.9 Å². The van der Waals surface area contributed by atoms with Crippen LogP contribution in [-0.2, 0) is 20.6 Å². The van der Waals surface area contributed by atoms with Crippen LogP contribution in [0, 0.1) is 5.92 Å². The van der Waals surface area contributed by atoms with Crippen LogP contribution in [0.2, 0.25) is 5.02 Å². The molecule has 1 aliphatic rings.